The first-order chi connectivity index (χ1) is 11.2. The maximum absolute atomic E-state index is 5.51. The molecule has 2 N–H and O–H groups in total. The molecule has 0 radical (unpaired) electrons. The number of nitrogens with one attached hydrogen (secondary N) is 2. The van der Waals surface area contributed by atoms with Gasteiger partial charge >= 0.3 is 0 Å². The molecular weight excluding hydrogens is 306 g/mol. The Morgan fingerprint density at radius 2 is 1.91 bits per heavy atom. The van der Waals surface area contributed by atoms with E-state index in [0.717, 1.165) is 45.1 Å². The molecule has 0 spiro atoms. The number of ether oxygens (including phenoxy) is 1. The number of guanidine groups is 1. The van der Waals surface area contributed by atoms with Crippen molar-refractivity contribution >= 4 is 17.7 Å². The highest BCUT2D eigenvalue weighted by atomic mass is 32.2. The van der Waals surface area contributed by atoms with E-state index < -0.39 is 0 Å². The number of nitrogens with zero attached hydrogens (tertiary/aromatic N) is 1. The van der Waals surface area contributed by atoms with E-state index >= 15 is 0 Å². The Bertz CT molecular complexity index is 495. The second-order valence-electron chi connectivity index (χ2n) is 6.03. The van der Waals surface area contributed by atoms with Crippen molar-refractivity contribution in [2.75, 3.05) is 32.6 Å². The Balaban J connectivity index is 1.94. The van der Waals surface area contributed by atoms with Crippen molar-refractivity contribution in [2.45, 2.75) is 38.0 Å². The normalized spacial score (nSPS) is 17.8. The summed E-state index contributed by atoms with van der Waals surface area (Å²) in [5.41, 5.74) is 2.52. The van der Waals surface area contributed by atoms with Gasteiger partial charge in [0.15, 0.2) is 5.96 Å². The van der Waals surface area contributed by atoms with E-state index in [1.165, 1.54) is 11.1 Å². The van der Waals surface area contributed by atoms with Gasteiger partial charge in [0.2, 0.25) is 0 Å². The number of hydrogen-bond acceptors (Lipinski definition) is 3. The standard InChI is InChI=1S/C18H29N3OS/c1-4-19-17(20-13-16-7-5-15(2)6-8-16)21-14-18(23-3)9-11-22-12-10-18/h5-8H,4,9-14H2,1-3H3,(H2,19,20,21). The predicted octanol–water partition coefficient (Wildman–Crippen LogP) is 2.96. The van der Waals surface area contributed by atoms with Crippen molar-refractivity contribution in [1.82, 2.24) is 10.6 Å². The van der Waals surface area contributed by atoms with Gasteiger partial charge in [-0.15, -0.1) is 0 Å². The van der Waals surface area contributed by atoms with Crippen LogP contribution in [0.5, 0.6) is 0 Å². The van der Waals surface area contributed by atoms with Crippen LogP contribution in [0.25, 0.3) is 0 Å². The van der Waals surface area contributed by atoms with E-state index in [1.807, 2.05) is 11.8 Å². The lowest BCUT2D eigenvalue weighted by Gasteiger charge is -2.36. The van der Waals surface area contributed by atoms with Crippen LogP contribution in [0.15, 0.2) is 29.3 Å². The molecule has 0 unspecified atom stereocenters. The van der Waals surface area contributed by atoms with Crippen molar-refractivity contribution in [3.63, 3.8) is 0 Å². The minimum atomic E-state index is 0.262. The molecule has 23 heavy (non-hydrogen) atoms. The molecule has 0 aliphatic carbocycles. The first-order valence-corrected chi connectivity index (χ1v) is 9.60. The number of aliphatic imine (C=N–C) groups is 1. The van der Waals surface area contributed by atoms with Gasteiger partial charge in [-0.25, -0.2) is 4.99 Å². The molecule has 0 atom stereocenters. The zero-order valence-corrected chi connectivity index (χ0v) is 15.3. The summed E-state index contributed by atoms with van der Waals surface area (Å²) in [5, 5.41) is 6.87. The summed E-state index contributed by atoms with van der Waals surface area (Å²) in [6.07, 6.45) is 4.39. The molecule has 1 saturated heterocycles. The van der Waals surface area contributed by atoms with Crippen LogP contribution >= 0.6 is 11.8 Å². The van der Waals surface area contributed by atoms with E-state index in [1.54, 1.807) is 0 Å². The molecule has 4 nitrogen and oxygen atoms in total. The van der Waals surface area contributed by atoms with Crippen molar-refractivity contribution in [3.05, 3.63) is 35.4 Å². The van der Waals surface area contributed by atoms with Crippen LogP contribution in [0.1, 0.15) is 30.9 Å². The average molecular weight is 336 g/mol. The minimum absolute atomic E-state index is 0.262. The van der Waals surface area contributed by atoms with Gasteiger partial charge in [-0.05, 0) is 38.5 Å². The van der Waals surface area contributed by atoms with Gasteiger partial charge in [-0.3, -0.25) is 0 Å². The molecule has 0 bridgehead atoms. The molecule has 1 fully saturated rings. The predicted molar refractivity (Wildman–Crippen MR) is 100 cm³/mol. The zero-order chi connectivity index (χ0) is 16.5. The van der Waals surface area contributed by atoms with E-state index in [4.69, 9.17) is 9.73 Å². The van der Waals surface area contributed by atoms with Crippen molar-refractivity contribution in [3.8, 4) is 0 Å². The molecule has 1 aromatic rings. The smallest absolute Gasteiger partial charge is 0.191 e. The number of rotatable bonds is 6. The Kier molecular flexibility index (Phi) is 7.24. The summed E-state index contributed by atoms with van der Waals surface area (Å²) < 4.78 is 5.77. The number of aryl methyl sites for hydroxylation is 1. The zero-order valence-electron chi connectivity index (χ0n) is 14.5. The van der Waals surface area contributed by atoms with Crippen LogP contribution in [-0.2, 0) is 11.3 Å². The van der Waals surface area contributed by atoms with E-state index in [2.05, 4.69) is 55.0 Å². The highest BCUT2D eigenvalue weighted by Crippen LogP contribution is 2.32. The number of hydrogen-bond donors (Lipinski definition) is 2. The van der Waals surface area contributed by atoms with Crippen LogP contribution in [0.4, 0.5) is 0 Å². The molecule has 1 aromatic carbocycles. The first kappa shape index (κ1) is 18.1. The summed E-state index contributed by atoms with van der Waals surface area (Å²) in [5.74, 6) is 0.896. The molecule has 1 heterocycles. The van der Waals surface area contributed by atoms with Crippen LogP contribution in [0.2, 0.25) is 0 Å². The highest BCUT2D eigenvalue weighted by molar-refractivity contribution is 8.00. The van der Waals surface area contributed by atoms with Crippen LogP contribution < -0.4 is 10.6 Å². The Morgan fingerprint density at radius 1 is 1.22 bits per heavy atom. The summed E-state index contributed by atoms with van der Waals surface area (Å²) in [6.45, 7) is 8.42. The SMILES string of the molecule is CCNC(=NCc1ccc(C)cc1)NCC1(SC)CCOCC1. The maximum atomic E-state index is 5.51. The molecule has 5 heteroatoms. The summed E-state index contributed by atoms with van der Waals surface area (Å²) in [6, 6.07) is 8.56. The van der Waals surface area contributed by atoms with Gasteiger partial charge in [0.25, 0.3) is 0 Å². The molecule has 1 aliphatic heterocycles. The van der Waals surface area contributed by atoms with Crippen LogP contribution in [0.3, 0.4) is 0 Å². The van der Waals surface area contributed by atoms with Gasteiger partial charge in [0.1, 0.15) is 0 Å². The van der Waals surface area contributed by atoms with Gasteiger partial charge in [-0.2, -0.15) is 11.8 Å². The average Bonchev–Trinajstić information content (AvgIpc) is 2.59. The molecule has 0 saturated carbocycles. The minimum Gasteiger partial charge on any atom is -0.381 e. The summed E-state index contributed by atoms with van der Waals surface area (Å²) in [7, 11) is 0. The maximum Gasteiger partial charge on any atom is 0.191 e. The van der Waals surface area contributed by atoms with Gasteiger partial charge < -0.3 is 15.4 Å². The third-order valence-electron chi connectivity index (χ3n) is 4.30. The lowest BCUT2D eigenvalue weighted by Crippen LogP contribution is -2.47. The second-order valence-corrected chi connectivity index (χ2v) is 7.31. The molecule has 0 amide bonds. The number of benzene rings is 1. The topological polar surface area (TPSA) is 45.7 Å². The Labute approximate surface area is 144 Å². The fourth-order valence-electron chi connectivity index (χ4n) is 2.65. The second kappa shape index (κ2) is 9.18. The van der Waals surface area contributed by atoms with E-state index in [0.29, 0.717) is 6.54 Å². The van der Waals surface area contributed by atoms with Crippen LogP contribution in [-0.4, -0.2) is 43.3 Å². The van der Waals surface area contributed by atoms with E-state index in [9.17, 15) is 0 Å². The van der Waals surface area contributed by atoms with Crippen LogP contribution in [0, 0.1) is 6.92 Å². The van der Waals surface area contributed by atoms with Gasteiger partial charge in [-0.1, -0.05) is 29.8 Å². The Morgan fingerprint density at radius 3 is 2.52 bits per heavy atom. The monoisotopic (exact) mass is 335 g/mol. The molecule has 1 aliphatic rings. The van der Waals surface area contributed by atoms with E-state index in [-0.39, 0.29) is 4.75 Å². The summed E-state index contributed by atoms with van der Waals surface area (Å²) >= 11 is 1.94. The third kappa shape index (κ3) is 5.74. The van der Waals surface area contributed by atoms with Crippen molar-refractivity contribution in [1.29, 1.82) is 0 Å². The molecule has 128 valence electrons. The fraction of sp³-hybridized carbons (Fsp3) is 0.611. The third-order valence-corrected chi connectivity index (χ3v) is 5.72. The quantitative estimate of drug-likeness (QED) is 0.620. The molecular formula is C18H29N3OS. The molecule has 2 rings (SSSR count). The number of thioether (sulfide) groups is 1. The lowest BCUT2D eigenvalue weighted by molar-refractivity contribution is 0.0783. The van der Waals surface area contributed by atoms with Crippen molar-refractivity contribution in [2.24, 2.45) is 4.99 Å². The van der Waals surface area contributed by atoms with Gasteiger partial charge in [0.05, 0.1) is 6.54 Å². The molecule has 0 aromatic heterocycles. The Hall–Kier alpha value is -1.20. The largest absolute Gasteiger partial charge is 0.381 e. The van der Waals surface area contributed by atoms with Crippen molar-refractivity contribution < 1.29 is 4.74 Å². The lowest BCUT2D eigenvalue weighted by atomic mass is 9.99. The highest BCUT2D eigenvalue weighted by Gasteiger charge is 2.31. The van der Waals surface area contributed by atoms with Gasteiger partial charge in [0, 0.05) is 31.1 Å². The summed E-state index contributed by atoms with van der Waals surface area (Å²) in [4.78, 5) is 4.72. The first-order valence-electron chi connectivity index (χ1n) is 8.38. The fourth-order valence-corrected chi connectivity index (χ4v) is 3.44.